The highest BCUT2D eigenvalue weighted by molar-refractivity contribution is 5.78. The molecule has 0 aliphatic heterocycles. The number of ether oxygens (including phenoxy) is 1. The number of nitrogens with one attached hydrogen (secondary N) is 1. The van der Waals surface area contributed by atoms with Crippen molar-refractivity contribution in [2.45, 2.75) is 26.8 Å². The summed E-state index contributed by atoms with van der Waals surface area (Å²) in [5.41, 5.74) is 1.77. The molecule has 0 fully saturated rings. The molecule has 0 saturated heterocycles. The van der Waals surface area contributed by atoms with Gasteiger partial charge < -0.3 is 15.2 Å². The fraction of sp³-hybridized carbons (Fsp3) is 0.462. The van der Waals surface area contributed by atoms with Gasteiger partial charge in [-0.25, -0.2) is 4.79 Å². The Bertz CT molecular complexity index is 402. The van der Waals surface area contributed by atoms with Crippen LogP contribution in [0.3, 0.4) is 0 Å². The van der Waals surface area contributed by atoms with Gasteiger partial charge in [0.2, 0.25) is 0 Å². The molecule has 0 amide bonds. The summed E-state index contributed by atoms with van der Waals surface area (Å²) in [6.45, 7) is 5.69. The number of carboxylic acids is 1. The Morgan fingerprint density at radius 3 is 2.53 bits per heavy atom. The molecule has 0 heterocycles. The van der Waals surface area contributed by atoms with Crippen LogP contribution in [0.25, 0.3) is 0 Å². The van der Waals surface area contributed by atoms with Crippen LogP contribution in [0.1, 0.15) is 19.4 Å². The van der Waals surface area contributed by atoms with E-state index >= 15 is 0 Å². The highest BCUT2D eigenvalue weighted by Gasteiger charge is 2.22. The maximum absolute atomic E-state index is 11.1. The Balaban J connectivity index is 2.99. The number of hydrogen-bond donors (Lipinski definition) is 2. The first-order valence-corrected chi connectivity index (χ1v) is 5.59. The second-order valence-electron chi connectivity index (χ2n) is 4.41. The lowest BCUT2D eigenvalue weighted by Crippen LogP contribution is -2.34. The van der Waals surface area contributed by atoms with E-state index in [9.17, 15) is 4.79 Å². The predicted molar refractivity (Wildman–Crippen MR) is 67.6 cm³/mol. The van der Waals surface area contributed by atoms with E-state index in [0.717, 1.165) is 5.56 Å². The monoisotopic (exact) mass is 237 g/mol. The van der Waals surface area contributed by atoms with Gasteiger partial charge in [0.05, 0.1) is 12.8 Å². The van der Waals surface area contributed by atoms with Crippen LogP contribution in [-0.2, 0) is 4.79 Å². The zero-order valence-corrected chi connectivity index (χ0v) is 10.7. The van der Waals surface area contributed by atoms with Crippen molar-refractivity contribution in [1.29, 1.82) is 0 Å². The van der Waals surface area contributed by atoms with Crippen LogP contribution >= 0.6 is 0 Å². The number of carboxylic acid groups (broad SMARTS) is 1. The summed E-state index contributed by atoms with van der Waals surface area (Å²) in [6, 6.07) is 5.02. The van der Waals surface area contributed by atoms with Gasteiger partial charge in [-0.1, -0.05) is 19.9 Å². The molecule has 0 saturated carbocycles. The third-order valence-electron chi connectivity index (χ3n) is 2.60. The van der Waals surface area contributed by atoms with Gasteiger partial charge >= 0.3 is 5.97 Å². The molecule has 0 aliphatic carbocycles. The lowest BCUT2D eigenvalue weighted by atomic mass is 10.0. The van der Waals surface area contributed by atoms with Gasteiger partial charge in [-0.3, -0.25) is 0 Å². The van der Waals surface area contributed by atoms with Crippen molar-refractivity contribution in [2.75, 3.05) is 12.4 Å². The number of methoxy groups -OCH3 is 1. The van der Waals surface area contributed by atoms with E-state index in [1.165, 1.54) is 0 Å². The molecular formula is C13H19NO3. The molecule has 1 aromatic rings. The third kappa shape index (κ3) is 3.37. The van der Waals surface area contributed by atoms with Crippen molar-refractivity contribution in [3.63, 3.8) is 0 Å². The second-order valence-corrected chi connectivity index (χ2v) is 4.41. The van der Waals surface area contributed by atoms with Crippen molar-refractivity contribution in [1.82, 2.24) is 0 Å². The first-order valence-electron chi connectivity index (χ1n) is 5.59. The smallest absolute Gasteiger partial charge is 0.326 e. The van der Waals surface area contributed by atoms with Gasteiger partial charge in [0.25, 0.3) is 0 Å². The van der Waals surface area contributed by atoms with E-state index in [1.807, 2.05) is 39.0 Å². The van der Waals surface area contributed by atoms with Gasteiger partial charge in [-0.15, -0.1) is 0 Å². The second kappa shape index (κ2) is 5.57. The van der Waals surface area contributed by atoms with Crippen LogP contribution in [0.15, 0.2) is 18.2 Å². The molecule has 1 aromatic carbocycles. The number of aliphatic carboxylic acids is 1. The van der Waals surface area contributed by atoms with Crippen LogP contribution in [0.2, 0.25) is 0 Å². The quantitative estimate of drug-likeness (QED) is 0.826. The molecule has 0 bridgehead atoms. The largest absolute Gasteiger partial charge is 0.495 e. The summed E-state index contributed by atoms with van der Waals surface area (Å²) in [5, 5.41) is 12.1. The van der Waals surface area contributed by atoms with E-state index in [0.29, 0.717) is 11.4 Å². The van der Waals surface area contributed by atoms with Gasteiger partial charge in [0.1, 0.15) is 11.8 Å². The summed E-state index contributed by atoms with van der Waals surface area (Å²) in [6.07, 6.45) is 0. The summed E-state index contributed by atoms with van der Waals surface area (Å²) < 4.78 is 5.21. The molecule has 17 heavy (non-hydrogen) atoms. The van der Waals surface area contributed by atoms with Crippen LogP contribution in [0, 0.1) is 12.8 Å². The topological polar surface area (TPSA) is 58.6 Å². The molecular weight excluding hydrogens is 218 g/mol. The number of aryl methyl sites for hydroxylation is 1. The average molecular weight is 237 g/mol. The molecule has 4 heteroatoms. The Kier molecular flexibility index (Phi) is 4.37. The molecule has 0 aliphatic rings. The van der Waals surface area contributed by atoms with Gasteiger partial charge in [-0.2, -0.15) is 0 Å². The number of rotatable bonds is 5. The maximum atomic E-state index is 11.1. The van der Waals surface area contributed by atoms with Gasteiger partial charge in [-0.05, 0) is 30.5 Å². The zero-order chi connectivity index (χ0) is 13.0. The molecule has 4 nitrogen and oxygen atoms in total. The van der Waals surface area contributed by atoms with Crippen molar-refractivity contribution >= 4 is 11.7 Å². The Labute approximate surface area is 102 Å². The molecule has 1 unspecified atom stereocenters. The molecule has 2 N–H and O–H groups in total. The Morgan fingerprint density at radius 2 is 2.06 bits per heavy atom. The van der Waals surface area contributed by atoms with Crippen LogP contribution in [0.4, 0.5) is 5.69 Å². The van der Waals surface area contributed by atoms with E-state index in [4.69, 9.17) is 9.84 Å². The molecule has 0 radical (unpaired) electrons. The highest BCUT2D eigenvalue weighted by Crippen LogP contribution is 2.26. The Hall–Kier alpha value is -1.71. The van der Waals surface area contributed by atoms with Gasteiger partial charge in [0, 0.05) is 0 Å². The third-order valence-corrected chi connectivity index (χ3v) is 2.60. The first-order chi connectivity index (χ1) is 7.95. The number of anilines is 1. The standard InChI is InChI=1S/C13H19NO3/c1-8(2)12(13(15)16)14-10-7-9(3)5-6-11(10)17-4/h5-8,12,14H,1-4H3,(H,15,16). The SMILES string of the molecule is COc1ccc(C)cc1NC(C(=O)O)C(C)C. The van der Waals surface area contributed by atoms with E-state index in [2.05, 4.69) is 5.32 Å². The van der Waals surface area contributed by atoms with Crippen molar-refractivity contribution in [3.8, 4) is 5.75 Å². The minimum absolute atomic E-state index is 0.00211. The van der Waals surface area contributed by atoms with Crippen molar-refractivity contribution in [3.05, 3.63) is 23.8 Å². The van der Waals surface area contributed by atoms with E-state index < -0.39 is 12.0 Å². The lowest BCUT2D eigenvalue weighted by Gasteiger charge is -2.21. The molecule has 1 rings (SSSR count). The maximum Gasteiger partial charge on any atom is 0.326 e. The minimum atomic E-state index is -0.858. The highest BCUT2D eigenvalue weighted by atomic mass is 16.5. The normalized spacial score (nSPS) is 12.3. The average Bonchev–Trinajstić information content (AvgIpc) is 2.25. The molecule has 0 aromatic heterocycles. The fourth-order valence-corrected chi connectivity index (χ4v) is 1.62. The van der Waals surface area contributed by atoms with Gasteiger partial charge in [0.15, 0.2) is 0 Å². The molecule has 0 spiro atoms. The fourth-order valence-electron chi connectivity index (χ4n) is 1.62. The predicted octanol–water partition coefficient (Wildman–Crippen LogP) is 2.52. The first kappa shape index (κ1) is 13.4. The summed E-state index contributed by atoms with van der Waals surface area (Å²) in [4.78, 5) is 11.1. The minimum Gasteiger partial charge on any atom is -0.495 e. The summed E-state index contributed by atoms with van der Waals surface area (Å²) in [7, 11) is 1.57. The van der Waals surface area contributed by atoms with E-state index in [1.54, 1.807) is 7.11 Å². The zero-order valence-electron chi connectivity index (χ0n) is 10.7. The van der Waals surface area contributed by atoms with Crippen LogP contribution in [0.5, 0.6) is 5.75 Å². The van der Waals surface area contributed by atoms with Crippen LogP contribution < -0.4 is 10.1 Å². The van der Waals surface area contributed by atoms with Crippen molar-refractivity contribution in [2.24, 2.45) is 5.92 Å². The Morgan fingerprint density at radius 1 is 1.41 bits per heavy atom. The molecule has 94 valence electrons. The van der Waals surface area contributed by atoms with E-state index in [-0.39, 0.29) is 5.92 Å². The van der Waals surface area contributed by atoms with Crippen molar-refractivity contribution < 1.29 is 14.6 Å². The lowest BCUT2D eigenvalue weighted by molar-refractivity contribution is -0.138. The number of carbonyl (C=O) groups is 1. The number of benzene rings is 1. The molecule has 1 atom stereocenters. The summed E-state index contributed by atoms with van der Waals surface area (Å²) >= 11 is 0. The number of hydrogen-bond acceptors (Lipinski definition) is 3. The van der Waals surface area contributed by atoms with Crippen LogP contribution in [-0.4, -0.2) is 24.2 Å². The summed E-state index contributed by atoms with van der Waals surface area (Å²) in [5.74, 6) is -0.205.